The summed E-state index contributed by atoms with van der Waals surface area (Å²) in [6.45, 7) is 4.88. The van der Waals surface area contributed by atoms with Crippen LogP contribution < -0.4 is 4.90 Å². The van der Waals surface area contributed by atoms with Crippen molar-refractivity contribution in [3.8, 4) is 0 Å². The third-order valence-corrected chi connectivity index (χ3v) is 3.86. The summed E-state index contributed by atoms with van der Waals surface area (Å²) in [5, 5.41) is 5.90. The van der Waals surface area contributed by atoms with Crippen molar-refractivity contribution < 1.29 is 0 Å². The molecule has 5 nitrogen and oxygen atoms in total. The van der Waals surface area contributed by atoms with Gasteiger partial charge in [-0.1, -0.05) is 11.6 Å². The first-order valence-electron chi connectivity index (χ1n) is 5.44. The van der Waals surface area contributed by atoms with Gasteiger partial charge in [0.05, 0.1) is 11.2 Å². The quantitative estimate of drug-likeness (QED) is 0.853. The summed E-state index contributed by atoms with van der Waals surface area (Å²) in [4.78, 5) is 6.62. The molecule has 0 atom stereocenters. The van der Waals surface area contributed by atoms with Gasteiger partial charge < -0.3 is 4.90 Å². The minimum Gasteiger partial charge on any atom is -0.346 e. The minimum absolute atomic E-state index is 0.621. The highest BCUT2D eigenvalue weighted by atomic mass is 35.5. The topological polar surface area (TPSA) is 46.8 Å². The number of halogens is 1. The van der Waals surface area contributed by atoms with E-state index >= 15 is 0 Å². The Hall–Kier alpha value is -1.14. The van der Waals surface area contributed by atoms with Crippen molar-refractivity contribution in [1.82, 2.24) is 19.1 Å². The van der Waals surface area contributed by atoms with E-state index in [0.717, 1.165) is 30.6 Å². The summed E-state index contributed by atoms with van der Waals surface area (Å²) < 4.78 is 6.08. The molecule has 0 unspecified atom stereocenters. The molecular weight excluding hydrogens is 258 g/mol. The van der Waals surface area contributed by atoms with Crippen LogP contribution in [0.2, 0.25) is 5.02 Å². The molecule has 0 N–H and O–H groups in total. The van der Waals surface area contributed by atoms with E-state index in [1.807, 2.05) is 17.8 Å². The highest BCUT2D eigenvalue weighted by Crippen LogP contribution is 2.26. The summed E-state index contributed by atoms with van der Waals surface area (Å²) in [5.74, 6) is 1.47. The Morgan fingerprint density at radius 3 is 2.94 bits per heavy atom. The van der Waals surface area contributed by atoms with E-state index in [4.69, 9.17) is 11.6 Å². The van der Waals surface area contributed by atoms with Gasteiger partial charge in [-0.2, -0.15) is 9.47 Å². The van der Waals surface area contributed by atoms with Gasteiger partial charge in [-0.15, -0.1) is 0 Å². The summed E-state index contributed by atoms with van der Waals surface area (Å²) in [7, 11) is 0. The van der Waals surface area contributed by atoms with Gasteiger partial charge in [0.1, 0.15) is 5.82 Å². The molecule has 7 heteroatoms. The van der Waals surface area contributed by atoms with Crippen LogP contribution in [0.15, 0.2) is 12.4 Å². The van der Waals surface area contributed by atoms with Gasteiger partial charge in [0.25, 0.3) is 0 Å². The zero-order valence-corrected chi connectivity index (χ0v) is 10.9. The van der Waals surface area contributed by atoms with Crippen LogP contribution in [-0.2, 0) is 6.54 Å². The monoisotopic (exact) mass is 269 g/mol. The molecule has 0 spiro atoms. The number of hydrogen-bond acceptors (Lipinski definition) is 5. The van der Waals surface area contributed by atoms with Crippen LogP contribution in [0.5, 0.6) is 0 Å². The number of anilines is 1. The molecule has 1 aliphatic heterocycles. The molecule has 1 fully saturated rings. The molecular formula is C10H12ClN5S. The van der Waals surface area contributed by atoms with Crippen LogP contribution in [0, 0.1) is 12.8 Å². The molecule has 3 heterocycles. The Bertz CT molecular complexity index is 516. The molecule has 2 aromatic heterocycles. The Morgan fingerprint density at radius 1 is 1.53 bits per heavy atom. The van der Waals surface area contributed by atoms with Crippen molar-refractivity contribution in [3.63, 3.8) is 0 Å². The molecule has 1 saturated heterocycles. The molecule has 17 heavy (non-hydrogen) atoms. The van der Waals surface area contributed by atoms with E-state index < -0.39 is 0 Å². The normalized spacial score (nSPS) is 16.2. The molecule has 2 aromatic rings. The molecule has 0 saturated carbocycles. The molecule has 3 rings (SSSR count). The number of aromatic nitrogens is 4. The maximum absolute atomic E-state index is 5.82. The Morgan fingerprint density at radius 2 is 2.35 bits per heavy atom. The van der Waals surface area contributed by atoms with E-state index in [2.05, 4.69) is 19.4 Å². The predicted octanol–water partition coefficient (Wildman–Crippen LogP) is 1.83. The fourth-order valence-corrected chi connectivity index (χ4v) is 2.81. The number of aryl methyl sites for hydroxylation is 1. The fourth-order valence-electron chi connectivity index (χ4n) is 1.96. The van der Waals surface area contributed by atoms with Crippen LogP contribution >= 0.6 is 23.1 Å². The van der Waals surface area contributed by atoms with Crippen LogP contribution in [0.1, 0.15) is 5.82 Å². The van der Waals surface area contributed by atoms with Crippen molar-refractivity contribution in [3.05, 3.63) is 23.2 Å². The van der Waals surface area contributed by atoms with Crippen molar-refractivity contribution in [2.45, 2.75) is 13.5 Å². The molecule has 0 amide bonds. The third kappa shape index (κ3) is 2.28. The van der Waals surface area contributed by atoms with E-state index in [-0.39, 0.29) is 0 Å². The SMILES string of the molecule is Cc1nsc(N2CC(Cn3cc(Cl)cn3)C2)n1. The maximum atomic E-state index is 5.82. The van der Waals surface area contributed by atoms with Crippen LogP contribution in [0.4, 0.5) is 5.13 Å². The van der Waals surface area contributed by atoms with Gasteiger partial charge in [0, 0.05) is 43.3 Å². The second kappa shape index (κ2) is 4.27. The second-order valence-electron chi connectivity index (χ2n) is 4.28. The lowest BCUT2D eigenvalue weighted by molar-refractivity contribution is 0.342. The summed E-state index contributed by atoms with van der Waals surface area (Å²) in [6.07, 6.45) is 3.53. The Balaban J connectivity index is 1.55. The van der Waals surface area contributed by atoms with Crippen molar-refractivity contribution in [1.29, 1.82) is 0 Å². The van der Waals surface area contributed by atoms with E-state index in [9.17, 15) is 0 Å². The van der Waals surface area contributed by atoms with Gasteiger partial charge in [-0.05, 0) is 6.92 Å². The minimum atomic E-state index is 0.621. The number of rotatable bonds is 3. The number of hydrogen-bond donors (Lipinski definition) is 0. The van der Waals surface area contributed by atoms with E-state index in [0.29, 0.717) is 10.9 Å². The highest BCUT2D eigenvalue weighted by molar-refractivity contribution is 7.09. The van der Waals surface area contributed by atoms with Gasteiger partial charge in [-0.25, -0.2) is 4.98 Å². The Labute approximate surface area is 108 Å². The lowest BCUT2D eigenvalue weighted by Crippen LogP contribution is -2.48. The van der Waals surface area contributed by atoms with Crippen LogP contribution in [-0.4, -0.2) is 32.2 Å². The smallest absolute Gasteiger partial charge is 0.205 e. The van der Waals surface area contributed by atoms with Gasteiger partial charge in [0.15, 0.2) is 0 Å². The molecule has 0 aliphatic carbocycles. The predicted molar refractivity (Wildman–Crippen MR) is 67.6 cm³/mol. The van der Waals surface area contributed by atoms with Crippen molar-refractivity contribution in [2.75, 3.05) is 18.0 Å². The molecule has 90 valence electrons. The van der Waals surface area contributed by atoms with Crippen molar-refractivity contribution in [2.24, 2.45) is 5.92 Å². The second-order valence-corrected chi connectivity index (χ2v) is 5.44. The van der Waals surface area contributed by atoms with Gasteiger partial charge in [0.2, 0.25) is 5.13 Å². The van der Waals surface area contributed by atoms with Gasteiger partial charge in [-0.3, -0.25) is 4.68 Å². The lowest BCUT2D eigenvalue weighted by Gasteiger charge is -2.38. The van der Waals surface area contributed by atoms with Crippen molar-refractivity contribution >= 4 is 28.3 Å². The maximum Gasteiger partial charge on any atom is 0.205 e. The average Bonchev–Trinajstić information content (AvgIpc) is 2.81. The first kappa shape index (κ1) is 11.0. The summed E-state index contributed by atoms with van der Waals surface area (Å²) in [6, 6.07) is 0. The average molecular weight is 270 g/mol. The van der Waals surface area contributed by atoms with Gasteiger partial charge >= 0.3 is 0 Å². The van der Waals surface area contributed by atoms with Crippen LogP contribution in [0.3, 0.4) is 0 Å². The first-order valence-corrected chi connectivity index (χ1v) is 6.59. The van der Waals surface area contributed by atoms with E-state index in [1.165, 1.54) is 11.5 Å². The molecule has 0 radical (unpaired) electrons. The molecule has 0 aromatic carbocycles. The number of nitrogens with zero attached hydrogens (tertiary/aromatic N) is 5. The summed E-state index contributed by atoms with van der Waals surface area (Å²) >= 11 is 7.29. The molecule has 0 bridgehead atoms. The largest absolute Gasteiger partial charge is 0.346 e. The standard InChI is InChI=1S/C10H12ClN5S/c1-7-13-10(17-14-7)15-3-8(4-15)5-16-6-9(11)2-12-16/h2,6,8H,3-5H2,1H3. The lowest BCUT2D eigenvalue weighted by atomic mass is 10.0. The zero-order chi connectivity index (χ0) is 11.8. The first-order chi connectivity index (χ1) is 8.20. The van der Waals surface area contributed by atoms with Crippen LogP contribution in [0.25, 0.3) is 0 Å². The highest BCUT2D eigenvalue weighted by Gasteiger charge is 2.29. The zero-order valence-electron chi connectivity index (χ0n) is 9.38. The summed E-state index contributed by atoms with van der Waals surface area (Å²) in [5.41, 5.74) is 0. The third-order valence-electron chi connectivity index (χ3n) is 2.79. The fraction of sp³-hybridized carbons (Fsp3) is 0.500. The Kier molecular flexibility index (Phi) is 2.76. The van der Waals surface area contributed by atoms with E-state index in [1.54, 1.807) is 6.20 Å². The molecule has 1 aliphatic rings.